The van der Waals surface area contributed by atoms with Gasteiger partial charge in [-0.1, -0.05) is 66.7 Å². The molecule has 3 aromatic carbocycles. The van der Waals surface area contributed by atoms with E-state index >= 15 is 0 Å². The number of benzene rings is 3. The summed E-state index contributed by atoms with van der Waals surface area (Å²) in [6.07, 6.45) is 0.662. The fourth-order valence-electron chi connectivity index (χ4n) is 2.76. The van der Waals surface area contributed by atoms with Gasteiger partial charge in [-0.25, -0.2) is 4.79 Å². The Morgan fingerprint density at radius 2 is 1.35 bits per heavy atom. The van der Waals surface area contributed by atoms with E-state index in [2.05, 4.69) is 10.9 Å². The van der Waals surface area contributed by atoms with Crippen LogP contribution in [0.15, 0.2) is 84.9 Å². The number of para-hydroxylation sites is 1. The van der Waals surface area contributed by atoms with Crippen LogP contribution in [0.1, 0.15) is 21.5 Å². The maximum absolute atomic E-state index is 11.9. The van der Waals surface area contributed by atoms with Crippen molar-refractivity contribution in [2.24, 2.45) is 0 Å². The number of hydrogen-bond acceptors (Lipinski definition) is 5. The number of hydrogen-bond donors (Lipinski definition) is 2. The summed E-state index contributed by atoms with van der Waals surface area (Å²) in [4.78, 5) is 35.6. The van der Waals surface area contributed by atoms with Crippen LogP contribution in [0.2, 0.25) is 0 Å². The van der Waals surface area contributed by atoms with Gasteiger partial charge in [0.1, 0.15) is 5.75 Å². The fraction of sp³-hybridized carbons (Fsp3) is 0.125. The summed E-state index contributed by atoms with van der Waals surface area (Å²) in [5.41, 5.74) is 6.88. The third-order valence-electron chi connectivity index (χ3n) is 4.27. The molecule has 3 rings (SSSR count). The molecule has 0 saturated carbocycles. The molecular weight excluding hydrogens is 396 g/mol. The van der Waals surface area contributed by atoms with Crippen molar-refractivity contribution < 1.29 is 23.9 Å². The molecule has 158 valence electrons. The lowest BCUT2D eigenvalue weighted by molar-refractivity contribution is -0.150. The van der Waals surface area contributed by atoms with E-state index in [1.807, 2.05) is 48.5 Å². The monoisotopic (exact) mass is 418 g/mol. The van der Waals surface area contributed by atoms with Crippen LogP contribution >= 0.6 is 0 Å². The largest absolute Gasteiger partial charge is 0.482 e. The Morgan fingerprint density at radius 3 is 2.10 bits per heavy atom. The summed E-state index contributed by atoms with van der Waals surface area (Å²) in [6.45, 7) is -0.877. The van der Waals surface area contributed by atoms with Gasteiger partial charge >= 0.3 is 5.97 Å². The standard InChI is InChI=1S/C24H22N2O5/c27-22(25-26-24(29)19-11-5-2-6-12-19)16-31-23(28)17-30-21-14-8-7-13-20(21)15-18-9-3-1-4-10-18/h1-14H,15-17H2,(H,25,27)(H,26,29). The molecule has 0 aliphatic carbocycles. The van der Waals surface area contributed by atoms with E-state index in [-0.39, 0.29) is 6.61 Å². The van der Waals surface area contributed by atoms with Crippen molar-refractivity contribution in [1.29, 1.82) is 0 Å². The van der Waals surface area contributed by atoms with Crippen molar-refractivity contribution in [3.8, 4) is 5.75 Å². The average molecular weight is 418 g/mol. The van der Waals surface area contributed by atoms with Gasteiger partial charge in [0, 0.05) is 12.0 Å². The average Bonchev–Trinajstić information content (AvgIpc) is 2.82. The molecule has 0 fully saturated rings. The number of carbonyl (C=O) groups is 3. The van der Waals surface area contributed by atoms with Crippen molar-refractivity contribution in [3.63, 3.8) is 0 Å². The number of nitrogens with one attached hydrogen (secondary N) is 2. The van der Waals surface area contributed by atoms with Gasteiger partial charge in [-0.2, -0.15) is 0 Å². The van der Waals surface area contributed by atoms with Gasteiger partial charge in [0.25, 0.3) is 11.8 Å². The topological polar surface area (TPSA) is 93.7 Å². The van der Waals surface area contributed by atoms with Crippen LogP contribution in [0.4, 0.5) is 0 Å². The van der Waals surface area contributed by atoms with Crippen LogP contribution in [0.25, 0.3) is 0 Å². The molecule has 3 aromatic rings. The van der Waals surface area contributed by atoms with Gasteiger partial charge in [0.2, 0.25) is 0 Å². The lowest BCUT2D eigenvalue weighted by atomic mass is 10.0. The Hall–Kier alpha value is -4.13. The van der Waals surface area contributed by atoms with Crippen LogP contribution in [-0.2, 0) is 20.7 Å². The Morgan fingerprint density at radius 1 is 0.710 bits per heavy atom. The molecule has 0 saturated heterocycles. The highest BCUT2D eigenvalue weighted by Gasteiger charge is 2.12. The lowest BCUT2D eigenvalue weighted by Gasteiger charge is -2.12. The van der Waals surface area contributed by atoms with E-state index < -0.39 is 24.4 Å². The highest BCUT2D eigenvalue weighted by molar-refractivity contribution is 5.95. The first-order chi connectivity index (χ1) is 15.1. The molecule has 0 unspecified atom stereocenters. The second-order valence-electron chi connectivity index (χ2n) is 6.59. The van der Waals surface area contributed by atoms with Gasteiger partial charge < -0.3 is 9.47 Å². The number of hydrazine groups is 1. The molecule has 0 bridgehead atoms. The van der Waals surface area contributed by atoms with Crippen molar-refractivity contribution in [3.05, 3.63) is 102 Å². The first kappa shape index (κ1) is 21.6. The minimum Gasteiger partial charge on any atom is -0.482 e. The smallest absolute Gasteiger partial charge is 0.344 e. The van der Waals surface area contributed by atoms with E-state index in [9.17, 15) is 14.4 Å². The number of esters is 1. The lowest BCUT2D eigenvalue weighted by Crippen LogP contribution is -2.43. The molecule has 2 N–H and O–H groups in total. The van der Waals surface area contributed by atoms with Crippen LogP contribution < -0.4 is 15.6 Å². The van der Waals surface area contributed by atoms with Crippen molar-refractivity contribution in [1.82, 2.24) is 10.9 Å². The Labute approximate surface area is 180 Å². The molecule has 0 atom stereocenters. The molecule has 31 heavy (non-hydrogen) atoms. The zero-order valence-electron chi connectivity index (χ0n) is 16.7. The first-order valence-corrected chi connectivity index (χ1v) is 9.66. The summed E-state index contributed by atoms with van der Waals surface area (Å²) in [5, 5.41) is 0. The number of carbonyl (C=O) groups excluding carboxylic acids is 3. The van der Waals surface area contributed by atoms with Crippen molar-refractivity contribution in [2.45, 2.75) is 6.42 Å². The molecule has 0 aliphatic heterocycles. The minimum atomic E-state index is -0.695. The van der Waals surface area contributed by atoms with Crippen LogP contribution in [0.3, 0.4) is 0 Å². The van der Waals surface area contributed by atoms with E-state index in [1.54, 1.807) is 36.4 Å². The minimum absolute atomic E-state index is 0.338. The highest BCUT2D eigenvalue weighted by atomic mass is 16.6. The second kappa shape index (κ2) is 11.2. The summed E-state index contributed by atoms with van der Waals surface area (Å²) >= 11 is 0. The molecule has 2 amide bonds. The first-order valence-electron chi connectivity index (χ1n) is 9.66. The maximum atomic E-state index is 11.9. The molecule has 0 radical (unpaired) electrons. The number of ether oxygens (including phenoxy) is 2. The van der Waals surface area contributed by atoms with Crippen molar-refractivity contribution in [2.75, 3.05) is 13.2 Å². The molecule has 0 heterocycles. The highest BCUT2D eigenvalue weighted by Crippen LogP contribution is 2.21. The summed E-state index contributed by atoms with van der Waals surface area (Å²) in [6, 6.07) is 25.7. The normalized spacial score (nSPS) is 10.1. The molecule has 0 aliphatic rings. The quantitative estimate of drug-likeness (QED) is 0.433. The van der Waals surface area contributed by atoms with Crippen molar-refractivity contribution >= 4 is 17.8 Å². The summed E-state index contributed by atoms with van der Waals surface area (Å²) in [5.74, 6) is -1.26. The van der Waals surface area contributed by atoms with Gasteiger partial charge in [0.05, 0.1) is 0 Å². The van der Waals surface area contributed by atoms with Gasteiger partial charge in [-0.05, 0) is 29.3 Å². The second-order valence-corrected chi connectivity index (χ2v) is 6.59. The van der Waals surface area contributed by atoms with E-state index in [0.717, 1.165) is 11.1 Å². The molecule has 0 aromatic heterocycles. The Kier molecular flexibility index (Phi) is 7.77. The van der Waals surface area contributed by atoms with Crippen LogP contribution in [0.5, 0.6) is 5.75 Å². The van der Waals surface area contributed by atoms with Gasteiger partial charge in [0.15, 0.2) is 13.2 Å². The summed E-state index contributed by atoms with van der Waals surface area (Å²) < 4.78 is 10.5. The number of rotatable bonds is 8. The predicted octanol–water partition coefficient (Wildman–Crippen LogP) is 2.66. The zero-order valence-corrected chi connectivity index (χ0v) is 16.7. The molecule has 7 nitrogen and oxygen atoms in total. The van der Waals surface area contributed by atoms with Crippen LogP contribution in [-0.4, -0.2) is 31.0 Å². The summed E-state index contributed by atoms with van der Waals surface area (Å²) in [7, 11) is 0. The van der Waals surface area contributed by atoms with E-state index in [0.29, 0.717) is 17.7 Å². The van der Waals surface area contributed by atoms with Gasteiger partial charge in [-0.3, -0.25) is 20.4 Å². The molecular formula is C24H22N2O5. The maximum Gasteiger partial charge on any atom is 0.344 e. The fourth-order valence-corrected chi connectivity index (χ4v) is 2.76. The molecule has 7 heteroatoms. The Bertz CT molecular complexity index is 1020. The third-order valence-corrected chi connectivity index (χ3v) is 4.27. The van der Waals surface area contributed by atoms with E-state index in [4.69, 9.17) is 9.47 Å². The predicted molar refractivity (Wildman–Crippen MR) is 114 cm³/mol. The zero-order chi connectivity index (χ0) is 21.9. The van der Waals surface area contributed by atoms with Gasteiger partial charge in [-0.15, -0.1) is 0 Å². The SMILES string of the molecule is O=C(COC(=O)COc1ccccc1Cc1ccccc1)NNC(=O)c1ccccc1. The number of amides is 2. The van der Waals surface area contributed by atoms with E-state index in [1.165, 1.54) is 0 Å². The van der Waals surface area contributed by atoms with Crippen LogP contribution in [0, 0.1) is 0 Å². The molecule has 0 spiro atoms. The Balaban J connectivity index is 1.41. The third kappa shape index (κ3) is 7.01.